The van der Waals surface area contributed by atoms with Crippen molar-refractivity contribution in [1.82, 2.24) is 15.6 Å². The molecule has 0 unspecified atom stereocenters. The Kier molecular flexibility index (Phi) is 5.86. The fourth-order valence-corrected chi connectivity index (χ4v) is 2.08. The summed E-state index contributed by atoms with van der Waals surface area (Å²) < 4.78 is 0. The molecule has 2 amide bonds. The summed E-state index contributed by atoms with van der Waals surface area (Å²) >= 11 is 0. The Hall–Kier alpha value is -2.69. The zero-order valence-electron chi connectivity index (χ0n) is 13.4. The lowest BCUT2D eigenvalue weighted by Gasteiger charge is -2.08. The van der Waals surface area contributed by atoms with Gasteiger partial charge in [-0.1, -0.05) is 12.1 Å². The maximum absolute atomic E-state index is 12.0. The number of pyridine rings is 1. The smallest absolute Gasteiger partial charge is 0.251 e. The van der Waals surface area contributed by atoms with Crippen molar-refractivity contribution < 1.29 is 9.59 Å². The Morgan fingerprint density at radius 3 is 2.57 bits per heavy atom. The Bertz CT molecular complexity index is 684. The maximum atomic E-state index is 12.0. The van der Waals surface area contributed by atoms with Gasteiger partial charge in [0.1, 0.15) is 0 Å². The molecule has 0 aliphatic heterocycles. The first-order valence-corrected chi connectivity index (χ1v) is 7.58. The van der Waals surface area contributed by atoms with Gasteiger partial charge in [-0.15, -0.1) is 0 Å². The van der Waals surface area contributed by atoms with Gasteiger partial charge in [0.25, 0.3) is 5.91 Å². The summed E-state index contributed by atoms with van der Waals surface area (Å²) in [6.45, 7) is 4.41. The number of hydrogen-bond acceptors (Lipinski definition) is 3. The first kappa shape index (κ1) is 16.7. The molecular formula is C18H21N3O2. The van der Waals surface area contributed by atoms with Crippen LogP contribution in [0.1, 0.15) is 27.2 Å². The van der Waals surface area contributed by atoms with Crippen molar-refractivity contribution in [1.29, 1.82) is 0 Å². The number of benzene rings is 1. The topological polar surface area (TPSA) is 71.1 Å². The van der Waals surface area contributed by atoms with Crippen LogP contribution < -0.4 is 10.6 Å². The monoisotopic (exact) mass is 311 g/mol. The van der Waals surface area contributed by atoms with E-state index in [-0.39, 0.29) is 18.4 Å². The molecule has 0 saturated carbocycles. The van der Waals surface area contributed by atoms with E-state index in [1.165, 1.54) is 0 Å². The maximum Gasteiger partial charge on any atom is 0.251 e. The lowest BCUT2D eigenvalue weighted by atomic mass is 10.1. The van der Waals surface area contributed by atoms with E-state index in [0.29, 0.717) is 18.5 Å². The third-order valence-corrected chi connectivity index (χ3v) is 3.61. The van der Waals surface area contributed by atoms with Gasteiger partial charge in [0.2, 0.25) is 5.91 Å². The molecule has 1 aromatic heterocycles. The molecule has 23 heavy (non-hydrogen) atoms. The highest BCUT2D eigenvalue weighted by Crippen LogP contribution is 2.09. The van der Waals surface area contributed by atoms with Gasteiger partial charge in [0.15, 0.2) is 0 Å². The second-order valence-electron chi connectivity index (χ2n) is 5.40. The second-order valence-corrected chi connectivity index (χ2v) is 5.40. The van der Waals surface area contributed by atoms with E-state index >= 15 is 0 Å². The first-order chi connectivity index (χ1) is 11.1. The molecule has 2 aromatic rings. The zero-order valence-corrected chi connectivity index (χ0v) is 13.4. The van der Waals surface area contributed by atoms with Gasteiger partial charge in [0, 0.05) is 30.4 Å². The fourth-order valence-electron chi connectivity index (χ4n) is 2.08. The van der Waals surface area contributed by atoms with Crippen molar-refractivity contribution in [3.8, 4) is 0 Å². The first-order valence-electron chi connectivity index (χ1n) is 7.58. The van der Waals surface area contributed by atoms with Crippen LogP contribution in [0.5, 0.6) is 0 Å². The van der Waals surface area contributed by atoms with E-state index < -0.39 is 0 Å². The van der Waals surface area contributed by atoms with E-state index in [1.807, 2.05) is 44.2 Å². The van der Waals surface area contributed by atoms with E-state index in [1.54, 1.807) is 12.3 Å². The lowest BCUT2D eigenvalue weighted by molar-refractivity contribution is -0.120. The third kappa shape index (κ3) is 5.21. The number of amides is 2. The highest BCUT2D eigenvalue weighted by molar-refractivity contribution is 5.96. The van der Waals surface area contributed by atoms with E-state index in [9.17, 15) is 9.59 Å². The van der Waals surface area contributed by atoms with Crippen molar-refractivity contribution in [2.45, 2.75) is 20.3 Å². The van der Waals surface area contributed by atoms with E-state index in [2.05, 4.69) is 15.6 Å². The Balaban J connectivity index is 1.73. The zero-order chi connectivity index (χ0) is 16.7. The minimum Gasteiger partial charge on any atom is -0.354 e. The van der Waals surface area contributed by atoms with Gasteiger partial charge in [-0.05, 0) is 49.2 Å². The minimum absolute atomic E-state index is 0.0338. The Morgan fingerprint density at radius 1 is 1.04 bits per heavy atom. The van der Waals surface area contributed by atoms with Crippen molar-refractivity contribution in [3.63, 3.8) is 0 Å². The second kappa shape index (κ2) is 8.08. The Labute approximate surface area is 136 Å². The van der Waals surface area contributed by atoms with Crippen molar-refractivity contribution >= 4 is 11.8 Å². The summed E-state index contributed by atoms with van der Waals surface area (Å²) in [5.74, 6) is -0.453. The minimum atomic E-state index is -0.243. The summed E-state index contributed by atoms with van der Waals surface area (Å²) in [6.07, 6.45) is 2.39. The van der Waals surface area contributed by atoms with Crippen molar-refractivity contribution in [2.75, 3.05) is 13.1 Å². The largest absolute Gasteiger partial charge is 0.354 e. The van der Waals surface area contributed by atoms with Crippen LogP contribution in [0.25, 0.3) is 0 Å². The number of carbonyl (C=O) groups is 2. The van der Waals surface area contributed by atoms with Gasteiger partial charge >= 0.3 is 0 Å². The van der Waals surface area contributed by atoms with Crippen LogP contribution in [0.15, 0.2) is 42.6 Å². The molecule has 120 valence electrons. The van der Waals surface area contributed by atoms with Gasteiger partial charge in [-0.25, -0.2) is 0 Å². The van der Waals surface area contributed by atoms with Crippen LogP contribution in [0.3, 0.4) is 0 Å². The normalized spacial score (nSPS) is 10.2. The average molecular weight is 311 g/mol. The average Bonchev–Trinajstić information content (AvgIpc) is 2.56. The molecule has 5 heteroatoms. The standard InChI is InChI=1S/C18H21N3O2/c1-13-6-7-15(11-14(13)2)18(23)21-12-17(22)20-10-8-16-5-3-4-9-19-16/h3-7,9,11H,8,10,12H2,1-2H3,(H,20,22)(H,21,23). The number of nitrogens with one attached hydrogen (secondary N) is 2. The van der Waals surface area contributed by atoms with Gasteiger partial charge in [0.05, 0.1) is 6.54 Å². The predicted molar refractivity (Wildman–Crippen MR) is 89.2 cm³/mol. The molecule has 0 fully saturated rings. The molecule has 0 aliphatic carbocycles. The van der Waals surface area contributed by atoms with Crippen LogP contribution >= 0.6 is 0 Å². The number of aryl methyl sites for hydroxylation is 2. The Morgan fingerprint density at radius 2 is 1.87 bits per heavy atom. The predicted octanol–water partition coefficient (Wildman–Crippen LogP) is 1.79. The molecule has 5 nitrogen and oxygen atoms in total. The molecule has 0 bridgehead atoms. The van der Waals surface area contributed by atoms with Crippen LogP contribution in [0, 0.1) is 13.8 Å². The number of carbonyl (C=O) groups excluding carboxylic acids is 2. The van der Waals surface area contributed by atoms with Crippen molar-refractivity contribution in [3.05, 3.63) is 65.0 Å². The molecule has 0 spiro atoms. The van der Waals surface area contributed by atoms with Gasteiger partial charge in [-0.3, -0.25) is 14.6 Å². The van der Waals surface area contributed by atoms with E-state index in [4.69, 9.17) is 0 Å². The lowest BCUT2D eigenvalue weighted by Crippen LogP contribution is -2.37. The molecule has 2 N–H and O–H groups in total. The fraction of sp³-hybridized carbons (Fsp3) is 0.278. The third-order valence-electron chi connectivity index (χ3n) is 3.61. The molecule has 0 radical (unpaired) electrons. The summed E-state index contributed by atoms with van der Waals surface area (Å²) in [6, 6.07) is 11.2. The van der Waals surface area contributed by atoms with Crippen LogP contribution in [0.2, 0.25) is 0 Å². The quantitative estimate of drug-likeness (QED) is 0.854. The summed E-state index contributed by atoms with van der Waals surface area (Å²) in [5.41, 5.74) is 3.67. The van der Waals surface area contributed by atoms with Crippen molar-refractivity contribution in [2.24, 2.45) is 0 Å². The summed E-state index contributed by atoms with van der Waals surface area (Å²) in [7, 11) is 0. The molecule has 0 aliphatic rings. The number of nitrogens with zero attached hydrogens (tertiary/aromatic N) is 1. The number of rotatable bonds is 6. The van der Waals surface area contributed by atoms with Crippen LogP contribution in [0.4, 0.5) is 0 Å². The van der Waals surface area contributed by atoms with Gasteiger partial charge in [-0.2, -0.15) is 0 Å². The highest BCUT2D eigenvalue weighted by Gasteiger charge is 2.08. The van der Waals surface area contributed by atoms with Crippen LogP contribution in [-0.2, 0) is 11.2 Å². The molecule has 0 atom stereocenters. The summed E-state index contributed by atoms with van der Waals surface area (Å²) in [4.78, 5) is 27.9. The molecule has 0 saturated heterocycles. The SMILES string of the molecule is Cc1ccc(C(=O)NCC(=O)NCCc2ccccn2)cc1C. The molecular weight excluding hydrogens is 290 g/mol. The number of aromatic nitrogens is 1. The highest BCUT2D eigenvalue weighted by atomic mass is 16.2. The molecule has 1 aromatic carbocycles. The van der Waals surface area contributed by atoms with Crippen LogP contribution in [-0.4, -0.2) is 29.9 Å². The van der Waals surface area contributed by atoms with E-state index in [0.717, 1.165) is 16.8 Å². The molecule has 1 heterocycles. The van der Waals surface area contributed by atoms with Gasteiger partial charge < -0.3 is 10.6 Å². The number of hydrogen-bond donors (Lipinski definition) is 2. The molecule has 2 rings (SSSR count). The summed E-state index contributed by atoms with van der Waals surface area (Å²) in [5, 5.41) is 5.39.